The zero-order chi connectivity index (χ0) is 12.3. The van der Waals surface area contributed by atoms with E-state index >= 15 is 0 Å². The molecule has 0 fully saturated rings. The molecule has 2 N–H and O–H groups in total. The highest BCUT2D eigenvalue weighted by Crippen LogP contribution is 2.26. The van der Waals surface area contributed by atoms with Crippen molar-refractivity contribution in [3.63, 3.8) is 0 Å². The third-order valence-corrected chi connectivity index (χ3v) is 3.44. The van der Waals surface area contributed by atoms with Crippen LogP contribution in [0.3, 0.4) is 0 Å². The minimum atomic E-state index is -0.329. The molecule has 2 aromatic heterocycles. The maximum atomic E-state index is 12.8. The normalized spacial score (nSPS) is 10.8. The predicted octanol–water partition coefficient (Wildman–Crippen LogP) is 2.54. The first-order valence-corrected chi connectivity index (χ1v) is 6.30. The summed E-state index contributed by atoms with van der Waals surface area (Å²) in [6.45, 7) is 2.67. The van der Waals surface area contributed by atoms with Crippen molar-refractivity contribution in [1.29, 1.82) is 0 Å². The SMILES string of the molecule is Cc1sc(CCCN)nc1-c1ccc(F)cn1. The van der Waals surface area contributed by atoms with E-state index in [4.69, 9.17) is 5.73 Å². The average Bonchev–Trinajstić information content (AvgIpc) is 2.69. The fourth-order valence-corrected chi connectivity index (χ4v) is 2.55. The van der Waals surface area contributed by atoms with Crippen LogP contribution in [0.5, 0.6) is 0 Å². The molecule has 90 valence electrons. The lowest BCUT2D eigenvalue weighted by Gasteiger charge is -1.96. The van der Waals surface area contributed by atoms with Gasteiger partial charge in [0.1, 0.15) is 11.5 Å². The summed E-state index contributed by atoms with van der Waals surface area (Å²) in [6.07, 6.45) is 3.04. The standard InChI is InChI=1S/C12H14FN3S/c1-8-12(10-5-4-9(13)7-15-10)16-11(17-8)3-2-6-14/h4-5,7H,2-3,6,14H2,1H3. The molecule has 3 nitrogen and oxygen atoms in total. The van der Waals surface area contributed by atoms with Crippen LogP contribution in [-0.4, -0.2) is 16.5 Å². The number of aromatic nitrogens is 2. The van der Waals surface area contributed by atoms with E-state index in [1.807, 2.05) is 6.92 Å². The van der Waals surface area contributed by atoms with Gasteiger partial charge in [0.2, 0.25) is 0 Å². The van der Waals surface area contributed by atoms with Gasteiger partial charge in [-0.05, 0) is 32.0 Å². The second kappa shape index (κ2) is 5.33. The van der Waals surface area contributed by atoms with Gasteiger partial charge in [-0.2, -0.15) is 0 Å². The van der Waals surface area contributed by atoms with E-state index in [0.29, 0.717) is 6.54 Å². The third-order valence-electron chi connectivity index (χ3n) is 2.41. The van der Waals surface area contributed by atoms with Gasteiger partial charge in [-0.3, -0.25) is 4.98 Å². The molecule has 0 bridgehead atoms. The van der Waals surface area contributed by atoms with Crippen molar-refractivity contribution in [2.24, 2.45) is 5.73 Å². The van der Waals surface area contributed by atoms with Crippen LogP contribution in [0.1, 0.15) is 16.3 Å². The topological polar surface area (TPSA) is 51.8 Å². The van der Waals surface area contributed by atoms with Crippen LogP contribution in [0.15, 0.2) is 18.3 Å². The van der Waals surface area contributed by atoms with Crippen molar-refractivity contribution in [2.75, 3.05) is 6.54 Å². The van der Waals surface area contributed by atoms with Crippen LogP contribution < -0.4 is 5.73 Å². The van der Waals surface area contributed by atoms with Gasteiger partial charge in [-0.1, -0.05) is 0 Å². The Kier molecular flexibility index (Phi) is 3.81. The summed E-state index contributed by atoms with van der Waals surface area (Å²) < 4.78 is 12.8. The van der Waals surface area contributed by atoms with E-state index in [0.717, 1.165) is 34.1 Å². The molecule has 5 heteroatoms. The smallest absolute Gasteiger partial charge is 0.141 e. The van der Waals surface area contributed by atoms with Crippen molar-refractivity contribution in [3.8, 4) is 11.4 Å². The molecule has 0 amide bonds. The van der Waals surface area contributed by atoms with Gasteiger partial charge >= 0.3 is 0 Å². The number of halogens is 1. The number of rotatable bonds is 4. The number of hydrogen-bond donors (Lipinski definition) is 1. The van der Waals surface area contributed by atoms with E-state index in [1.165, 1.54) is 12.3 Å². The Morgan fingerprint density at radius 2 is 2.24 bits per heavy atom. The Balaban J connectivity index is 2.26. The zero-order valence-electron chi connectivity index (χ0n) is 9.61. The number of thiazole rings is 1. The summed E-state index contributed by atoms with van der Waals surface area (Å²) in [7, 11) is 0. The van der Waals surface area contributed by atoms with Crippen molar-refractivity contribution >= 4 is 11.3 Å². The van der Waals surface area contributed by atoms with Gasteiger partial charge in [0.15, 0.2) is 0 Å². The molecule has 0 saturated carbocycles. The van der Waals surface area contributed by atoms with Crippen LogP contribution >= 0.6 is 11.3 Å². The Labute approximate surface area is 104 Å². The lowest BCUT2D eigenvalue weighted by Crippen LogP contribution is -2.00. The van der Waals surface area contributed by atoms with Crippen LogP contribution in [0.2, 0.25) is 0 Å². The van der Waals surface area contributed by atoms with Gasteiger partial charge in [-0.15, -0.1) is 11.3 Å². The number of pyridine rings is 1. The second-order valence-electron chi connectivity index (χ2n) is 3.77. The van der Waals surface area contributed by atoms with Gasteiger partial charge in [-0.25, -0.2) is 9.37 Å². The molecule has 0 spiro atoms. The molecule has 17 heavy (non-hydrogen) atoms. The molecular weight excluding hydrogens is 237 g/mol. The largest absolute Gasteiger partial charge is 0.330 e. The molecule has 2 rings (SSSR count). The molecule has 0 aliphatic carbocycles. The monoisotopic (exact) mass is 251 g/mol. The fraction of sp³-hybridized carbons (Fsp3) is 0.333. The molecule has 0 aromatic carbocycles. The molecule has 0 atom stereocenters. The van der Waals surface area contributed by atoms with E-state index in [1.54, 1.807) is 17.4 Å². The molecule has 0 unspecified atom stereocenters. The minimum Gasteiger partial charge on any atom is -0.330 e. The summed E-state index contributed by atoms with van der Waals surface area (Å²) in [5.41, 5.74) is 7.04. The van der Waals surface area contributed by atoms with E-state index in [2.05, 4.69) is 9.97 Å². The molecule has 0 aliphatic heterocycles. The van der Waals surface area contributed by atoms with Crippen LogP contribution in [0, 0.1) is 12.7 Å². The molecule has 2 heterocycles. The minimum absolute atomic E-state index is 0.329. The van der Waals surface area contributed by atoms with Gasteiger partial charge in [0.05, 0.1) is 16.9 Å². The summed E-state index contributed by atoms with van der Waals surface area (Å²) in [5, 5.41) is 1.06. The molecule has 0 saturated heterocycles. The first kappa shape index (κ1) is 12.1. The van der Waals surface area contributed by atoms with Crippen molar-refractivity contribution < 1.29 is 4.39 Å². The average molecular weight is 251 g/mol. The lowest BCUT2D eigenvalue weighted by atomic mass is 10.2. The maximum absolute atomic E-state index is 12.8. The van der Waals surface area contributed by atoms with Crippen LogP contribution in [0.4, 0.5) is 4.39 Å². The first-order chi connectivity index (χ1) is 8.20. The molecule has 0 radical (unpaired) electrons. The number of nitrogens with two attached hydrogens (primary N) is 1. The van der Waals surface area contributed by atoms with Crippen LogP contribution in [-0.2, 0) is 6.42 Å². The molecule has 0 aliphatic rings. The Morgan fingerprint density at radius 3 is 2.88 bits per heavy atom. The maximum Gasteiger partial charge on any atom is 0.141 e. The summed E-state index contributed by atoms with van der Waals surface area (Å²) in [4.78, 5) is 9.68. The highest BCUT2D eigenvalue weighted by Gasteiger charge is 2.10. The summed E-state index contributed by atoms with van der Waals surface area (Å²) in [6, 6.07) is 3.06. The van der Waals surface area contributed by atoms with Gasteiger partial charge < -0.3 is 5.73 Å². The lowest BCUT2D eigenvalue weighted by molar-refractivity contribution is 0.622. The molecule has 2 aromatic rings. The van der Waals surface area contributed by atoms with Crippen molar-refractivity contribution in [3.05, 3.63) is 34.0 Å². The zero-order valence-corrected chi connectivity index (χ0v) is 10.4. The van der Waals surface area contributed by atoms with E-state index in [9.17, 15) is 4.39 Å². The number of aryl methyl sites for hydroxylation is 2. The third kappa shape index (κ3) is 2.87. The summed E-state index contributed by atoms with van der Waals surface area (Å²) >= 11 is 1.65. The van der Waals surface area contributed by atoms with Crippen LogP contribution in [0.25, 0.3) is 11.4 Å². The highest BCUT2D eigenvalue weighted by molar-refractivity contribution is 7.12. The van der Waals surface area contributed by atoms with Crippen molar-refractivity contribution in [2.45, 2.75) is 19.8 Å². The van der Waals surface area contributed by atoms with E-state index < -0.39 is 0 Å². The summed E-state index contributed by atoms with van der Waals surface area (Å²) in [5.74, 6) is -0.329. The van der Waals surface area contributed by atoms with Gasteiger partial charge in [0, 0.05) is 11.3 Å². The first-order valence-electron chi connectivity index (χ1n) is 5.49. The quantitative estimate of drug-likeness (QED) is 0.908. The second-order valence-corrected chi connectivity index (χ2v) is 5.05. The Morgan fingerprint density at radius 1 is 1.41 bits per heavy atom. The molecular formula is C12H14FN3S. The Hall–Kier alpha value is -1.33. The fourth-order valence-electron chi connectivity index (χ4n) is 1.57. The number of nitrogens with zero attached hydrogens (tertiary/aromatic N) is 2. The van der Waals surface area contributed by atoms with Crippen molar-refractivity contribution in [1.82, 2.24) is 9.97 Å². The number of hydrogen-bond acceptors (Lipinski definition) is 4. The predicted molar refractivity (Wildman–Crippen MR) is 67.4 cm³/mol. The van der Waals surface area contributed by atoms with Gasteiger partial charge in [0.25, 0.3) is 0 Å². The highest BCUT2D eigenvalue weighted by atomic mass is 32.1. The Bertz CT molecular complexity index is 493. The van der Waals surface area contributed by atoms with E-state index in [-0.39, 0.29) is 5.82 Å².